The van der Waals surface area contributed by atoms with E-state index in [9.17, 15) is 9.90 Å². The summed E-state index contributed by atoms with van der Waals surface area (Å²) in [5.74, 6) is 0.795. The van der Waals surface area contributed by atoms with Gasteiger partial charge in [0.1, 0.15) is 5.82 Å². The van der Waals surface area contributed by atoms with Crippen LogP contribution in [0.5, 0.6) is 0 Å². The van der Waals surface area contributed by atoms with Crippen LogP contribution in [0, 0.1) is 17.2 Å². The maximum Gasteiger partial charge on any atom is 0.259 e. The van der Waals surface area contributed by atoms with Crippen LogP contribution >= 0.6 is 0 Å². The van der Waals surface area contributed by atoms with Crippen molar-refractivity contribution in [2.75, 3.05) is 17.2 Å². The fourth-order valence-electron chi connectivity index (χ4n) is 3.15. The molecule has 0 unspecified atom stereocenters. The Balaban J connectivity index is 1.64. The molecule has 1 amide bonds. The van der Waals surface area contributed by atoms with Crippen LogP contribution in [0.3, 0.4) is 0 Å². The fraction of sp³-hybridized carbons (Fsp3) is 0.350. The van der Waals surface area contributed by atoms with E-state index in [1.807, 2.05) is 0 Å². The number of nitrogens with zero attached hydrogens (tertiary/aromatic N) is 2. The number of aliphatic hydroxyl groups is 1. The van der Waals surface area contributed by atoms with E-state index in [-0.39, 0.29) is 12.0 Å². The van der Waals surface area contributed by atoms with Crippen LogP contribution in [-0.2, 0) is 0 Å². The highest BCUT2D eigenvalue weighted by molar-refractivity contribution is 6.07. The van der Waals surface area contributed by atoms with Gasteiger partial charge in [-0.25, -0.2) is 4.98 Å². The number of pyridine rings is 1. The van der Waals surface area contributed by atoms with Gasteiger partial charge < -0.3 is 15.7 Å². The Hall–Kier alpha value is -2.91. The summed E-state index contributed by atoms with van der Waals surface area (Å²) in [5.41, 5.74) is 1.65. The minimum atomic E-state index is -0.246. The number of aliphatic hydroxyl groups excluding tert-OH is 1. The van der Waals surface area contributed by atoms with Crippen LogP contribution in [0.4, 0.5) is 11.5 Å². The number of benzene rings is 1. The number of hydrogen-bond acceptors (Lipinski definition) is 5. The van der Waals surface area contributed by atoms with Gasteiger partial charge >= 0.3 is 0 Å². The molecule has 6 nitrogen and oxygen atoms in total. The number of carbonyl (C=O) groups excluding carboxylic acids is 1. The smallest absolute Gasteiger partial charge is 0.259 e. The number of aromatic nitrogens is 1. The van der Waals surface area contributed by atoms with Crippen LogP contribution in [0.2, 0.25) is 0 Å². The van der Waals surface area contributed by atoms with E-state index >= 15 is 0 Å². The molecule has 1 heterocycles. The van der Waals surface area contributed by atoms with E-state index in [2.05, 4.69) is 21.7 Å². The molecule has 1 saturated carbocycles. The summed E-state index contributed by atoms with van der Waals surface area (Å²) in [6.07, 6.45) is 5.11. The molecule has 0 saturated heterocycles. The standard InChI is InChI=1S/C20H22N4O2/c21-12-14-3-7-16(8-4-14)24-20(26)18-2-1-11-22-19(18)23-13-15-5-9-17(25)10-6-15/h1-4,7-8,11,15,17,25H,5-6,9-10,13H2,(H,22,23)(H,24,26)/t15-,17+. The van der Waals surface area contributed by atoms with Crippen molar-refractivity contribution in [3.05, 3.63) is 53.7 Å². The van der Waals surface area contributed by atoms with Crippen molar-refractivity contribution < 1.29 is 9.90 Å². The molecule has 0 bridgehead atoms. The third-order valence-corrected chi connectivity index (χ3v) is 4.70. The van der Waals surface area contributed by atoms with Gasteiger partial charge in [-0.05, 0) is 68.0 Å². The number of rotatable bonds is 5. The third-order valence-electron chi connectivity index (χ3n) is 4.70. The van der Waals surface area contributed by atoms with E-state index in [4.69, 9.17) is 5.26 Å². The highest BCUT2D eigenvalue weighted by atomic mass is 16.3. The topological polar surface area (TPSA) is 98.0 Å². The minimum absolute atomic E-state index is 0.171. The summed E-state index contributed by atoms with van der Waals surface area (Å²) in [5, 5.41) is 24.6. The van der Waals surface area contributed by atoms with E-state index in [1.165, 1.54) is 0 Å². The Morgan fingerprint density at radius 1 is 1.19 bits per heavy atom. The van der Waals surface area contributed by atoms with Crippen molar-refractivity contribution in [1.82, 2.24) is 4.98 Å². The lowest BCUT2D eigenvalue weighted by atomic mass is 9.87. The largest absolute Gasteiger partial charge is 0.393 e. The van der Waals surface area contributed by atoms with Crippen molar-refractivity contribution in [1.29, 1.82) is 5.26 Å². The lowest BCUT2D eigenvalue weighted by Gasteiger charge is -2.25. The Labute approximate surface area is 152 Å². The molecule has 1 aromatic carbocycles. The molecule has 1 aromatic heterocycles. The monoisotopic (exact) mass is 350 g/mol. The van der Waals surface area contributed by atoms with Crippen molar-refractivity contribution in [3.63, 3.8) is 0 Å². The van der Waals surface area contributed by atoms with E-state index in [0.717, 1.165) is 32.2 Å². The molecule has 0 aliphatic heterocycles. The summed E-state index contributed by atoms with van der Waals surface area (Å²) in [7, 11) is 0. The van der Waals surface area contributed by atoms with Gasteiger partial charge in [-0.3, -0.25) is 4.79 Å². The first-order chi connectivity index (χ1) is 12.7. The zero-order valence-corrected chi connectivity index (χ0v) is 14.5. The van der Waals surface area contributed by atoms with Gasteiger partial charge in [0.15, 0.2) is 0 Å². The van der Waals surface area contributed by atoms with Gasteiger partial charge in [0.05, 0.1) is 23.3 Å². The molecule has 0 spiro atoms. The number of carbonyl (C=O) groups is 1. The van der Waals surface area contributed by atoms with E-state index < -0.39 is 0 Å². The average Bonchev–Trinajstić information content (AvgIpc) is 2.68. The molecule has 6 heteroatoms. The summed E-state index contributed by atoms with van der Waals surface area (Å²) < 4.78 is 0. The molecule has 1 aliphatic carbocycles. The Morgan fingerprint density at radius 3 is 2.62 bits per heavy atom. The Kier molecular flexibility index (Phi) is 5.82. The van der Waals surface area contributed by atoms with E-state index in [1.54, 1.807) is 42.6 Å². The minimum Gasteiger partial charge on any atom is -0.393 e. The summed E-state index contributed by atoms with van der Waals surface area (Å²) in [4.78, 5) is 16.9. The van der Waals surface area contributed by atoms with Crippen LogP contribution < -0.4 is 10.6 Å². The lowest BCUT2D eigenvalue weighted by Crippen LogP contribution is -2.24. The molecular formula is C20H22N4O2. The van der Waals surface area contributed by atoms with Crippen molar-refractivity contribution >= 4 is 17.4 Å². The molecule has 2 aromatic rings. The van der Waals surface area contributed by atoms with Gasteiger partial charge in [0, 0.05) is 18.4 Å². The third kappa shape index (κ3) is 4.58. The molecule has 1 fully saturated rings. The molecule has 0 atom stereocenters. The maximum absolute atomic E-state index is 12.6. The van der Waals surface area contributed by atoms with Gasteiger partial charge in [0.25, 0.3) is 5.91 Å². The number of anilines is 2. The second-order valence-electron chi connectivity index (χ2n) is 6.60. The van der Waals surface area contributed by atoms with Gasteiger partial charge in [0.2, 0.25) is 0 Å². The first-order valence-corrected chi connectivity index (χ1v) is 8.84. The van der Waals surface area contributed by atoms with Crippen LogP contribution in [0.1, 0.15) is 41.6 Å². The zero-order valence-electron chi connectivity index (χ0n) is 14.5. The molecular weight excluding hydrogens is 328 g/mol. The summed E-state index contributed by atoms with van der Waals surface area (Å²) >= 11 is 0. The number of hydrogen-bond donors (Lipinski definition) is 3. The first-order valence-electron chi connectivity index (χ1n) is 8.84. The van der Waals surface area contributed by atoms with Crippen molar-refractivity contribution in [3.8, 4) is 6.07 Å². The summed E-state index contributed by atoms with van der Waals surface area (Å²) in [6.45, 7) is 0.737. The number of amides is 1. The molecule has 26 heavy (non-hydrogen) atoms. The molecule has 1 aliphatic rings. The molecule has 0 radical (unpaired) electrons. The van der Waals surface area contributed by atoms with Gasteiger partial charge in [-0.1, -0.05) is 0 Å². The quantitative estimate of drug-likeness (QED) is 0.769. The zero-order chi connectivity index (χ0) is 18.4. The predicted molar refractivity (Wildman–Crippen MR) is 99.8 cm³/mol. The number of nitrogens with one attached hydrogen (secondary N) is 2. The molecule has 3 N–H and O–H groups in total. The second-order valence-corrected chi connectivity index (χ2v) is 6.60. The van der Waals surface area contributed by atoms with Crippen molar-refractivity contribution in [2.24, 2.45) is 5.92 Å². The Morgan fingerprint density at radius 2 is 1.92 bits per heavy atom. The van der Waals surface area contributed by atoms with Gasteiger partial charge in [-0.15, -0.1) is 0 Å². The highest BCUT2D eigenvalue weighted by Gasteiger charge is 2.20. The predicted octanol–water partition coefficient (Wildman–Crippen LogP) is 3.17. The molecule has 3 rings (SSSR count). The van der Waals surface area contributed by atoms with Crippen LogP contribution in [0.25, 0.3) is 0 Å². The van der Waals surface area contributed by atoms with Crippen LogP contribution in [0.15, 0.2) is 42.6 Å². The highest BCUT2D eigenvalue weighted by Crippen LogP contribution is 2.25. The normalized spacial score (nSPS) is 19.4. The van der Waals surface area contributed by atoms with Crippen molar-refractivity contribution in [2.45, 2.75) is 31.8 Å². The SMILES string of the molecule is N#Cc1ccc(NC(=O)c2cccnc2NC[C@H]2CC[C@@H](O)CC2)cc1. The average molecular weight is 350 g/mol. The van der Waals surface area contributed by atoms with E-state index in [0.29, 0.717) is 28.6 Å². The maximum atomic E-state index is 12.6. The molecule has 134 valence electrons. The summed E-state index contributed by atoms with van der Waals surface area (Å²) in [6, 6.07) is 12.2. The fourth-order valence-corrected chi connectivity index (χ4v) is 3.15. The van der Waals surface area contributed by atoms with Crippen LogP contribution in [-0.4, -0.2) is 28.6 Å². The second kappa shape index (κ2) is 8.45. The lowest BCUT2D eigenvalue weighted by molar-refractivity contribution is 0.102. The van der Waals surface area contributed by atoms with Gasteiger partial charge in [-0.2, -0.15) is 5.26 Å². The number of nitriles is 1. The first kappa shape index (κ1) is 17.9. The Bertz CT molecular complexity index is 790.